The van der Waals surface area contributed by atoms with Crippen LogP contribution in [0.1, 0.15) is 40.2 Å². The first-order valence-electron chi connectivity index (χ1n) is 8.84. The molecule has 0 saturated heterocycles. The molecule has 0 heterocycles. The van der Waals surface area contributed by atoms with Gasteiger partial charge >= 0.3 is 0 Å². The van der Waals surface area contributed by atoms with E-state index in [1.54, 1.807) is 0 Å². The Balaban J connectivity index is 2.69. The van der Waals surface area contributed by atoms with E-state index < -0.39 is 8.32 Å². The van der Waals surface area contributed by atoms with Crippen molar-refractivity contribution in [2.45, 2.75) is 65.5 Å². The van der Waals surface area contributed by atoms with Crippen LogP contribution in [-0.2, 0) is 15.8 Å². The van der Waals surface area contributed by atoms with E-state index in [0.29, 0.717) is 13.2 Å². The molecule has 0 amide bonds. The Morgan fingerprint density at radius 3 is 2.21 bits per heavy atom. The van der Waals surface area contributed by atoms with Crippen molar-refractivity contribution in [2.75, 3.05) is 6.61 Å². The summed E-state index contributed by atoms with van der Waals surface area (Å²) >= 11 is 0. The third-order valence-corrected chi connectivity index (χ3v) is 9.52. The van der Waals surface area contributed by atoms with Gasteiger partial charge in [0, 0.05) is 11.8 Å². The fourth-order valence-corrected chi connectivity index (χ4v) is 3.82. The maximum absolute atomic E-state index is 6.64. The van der Waals surface area contributed by atoms with Gasteiger partial charge in [0.05, 0.1) is 19.3 Å². The quantitative estimate of drug-likeness (QED) is 0.457. The molecule has 1 aromatic carbocycles. The first-order chi connectivity index (χ1) is 11.1. The lowest BCUT2D eigenvalue weighted by Crippen LogP contribution is -2.47. The van der Waals surface area contributed by atoms with Crippen LogP contribution in [0, 0.1) is 24.2 Å². The van der Waals surface area contributed by atoms with Crippen molar-refractivity contribution < 1.29 is 9.16 Å². The maximum Gasteiger partial charge on any atom is 0.192 e. The normalized spacial score (nSPS) is 16.2. The van der Waals surface area contributed by atoms with Crippen molar-refractivity contribution in [2.24, 2.45) is 11.8 Å². The number of ether oxygens (including phenoxy) is 1. The summed E-state index contributed by atoms with van der Waals surface area (Å²) in [5, 5.41) is 0.171. The molecule has 0 aliphatic rings. The highest BCUT2D eigenvalue weighted by molar-refractivity contribution is 6.74. The summed E-state index contributed by atoms with van der Waals surface area (Å²) in [5.74, 6) is 3.21. The number of terminal acetylenes is 1. The molecular formula is C21H34O2Si. The summed E-state index contributed by atoms with van der Waals surface area (Å²) in [4.78, 5) is 0. The van der Waals surface area contributed by atoms with Crippen LogP contribution in [0.5, 0.6) is 0 Å². The van der Waals surface area contributed by atoms with E-state index in [4.69, 9.17) is 15.6 Å². The largest absolute Gasteiger partial charge is 0.412 e. The average molecular weight is 347 g/mol. The second-order valence-corrected chi connectivity index (χ2v) is 13.0. The minimum absolute atomic E-state index is 0.0339. The van der Waals surface area contributed by atoms with Crippen molar-refractivity contribution in [1.29, 1.82) is 0 Å². The van der Waals surface area contributed by atoms with Crippen LogP contribution in [0.15, 0.2) is 30.3 Å². The lowest BCUT2D eigenvalue weighted by atomic mass is 9.95. The van der Waals surface area contributed by atoms with E-state index in [1.807, 2.05) is 18.2 Å². The smallest absolute Gasteiger partial charge is 0.192 e. The molecule has 0 unspecified atom stereocenters. The van der Waals surface area contributed by atoms with Crippen molar-refractivity contribution in [1.82, 2.24) is 0 Å². The van der Waals surface area contributed by atoms with E-state index in [2.05, 4.69) is 65.8 Å². The predicted octanol–water partition coefficient (Wildman–Crippen LogP) is 5.50. The van der Waals surface area contributed by atoms with E-state index >= 15 is 0 Å². The standard InChI is InChI=1S/C21H34O2Si/c1-9-17(2)20(23-24(7,8)21(4,5)6)18(3)15-22-16-19-13-11-10-12-14-19/h1,10-14,17-18,20H,15-16H2,2-8H3/t17-,18+,20+/m0/s1. The van der Waals surface area contributed by atoms with Gasteiger partial charge in [0.1, 0.15) is 0 Å². The average Bonchev–Trinajstić information content (AvgIpc) is 2.51. The van der Waals surface area contributed by atoms with Crippen LogP contribution in [-0.4, -0.2) is 21.0 Å². The molecule has 1 rings (SSSR count). The summed E-state index contributed by atoms with van der Waals surface area (Å²) < 4.78 is 12.6. The summed E-state index contributed by atoms with van der Waals surface area (Å²) in [6.45, 7) is 16.9. The Kier molecular flexibility index (Phi) is 7.73. The Morgan fingerprint density at radius 1 is 1.12 bits per heavy atom. The molecule has 0 aromatic heterocycles. The van der Waals surface area contributed by atoms with Gasteiger partial charge in [-0.2, -0.15) is 0 Å². The van der Waals surface area contributed by atoms with Gasteiger partial charge < -0.3 is 9.16 Å². The van der Waals surface area contributed by atoms with Crippen LogP contribution in [0.3, 0.4) is 0 Å². The molecular weight excluding hydrogens is 312 g/mol. The lowest BCUT2D eigenvalue weighted by molar-refractivity contribution is 0.0210. The van der Waals surface area contributed by atoms with Crippen LogP contribution >= 0.6 is 0 Å². The zero-order valence-electron chi connectivity index (χ0n) is 16.4. The van der Waals surface area contributed by atoms with Crippen molar-refractivity contribution in [3.8, 4) is 12.3 Å². The first-order valence-corrected chi connectivity index (χ1v) is 11.7. The van der Waals surface area contributed by atoms with Crippen LogP contribution in [0.2, 0.25) is 18.1 Å². The topological polar surface area (TPSA) is 18.5 Å². The van der Waals surface area contributed by atoms with Gasteiger partial charge in [-0.05, 0) is 30.6 Å². The Hall–Kier alpha value is -1.08. The van der Waals surface area contributed by atoms with Gasteiger partial charge in [0.15, 0.2) is 8.32 Å². The minimum atomic E-state index is -1.86. The number of hydrogen-bond acceptors (Lipinski definition) is 2. The molecule has 0 aliphatic heterocycles. The van der Waals surface area contributed by atoms with E-state index in [0.717, 1.165) is 0 Å². The Bertz CT molecular complexity index is 525. The van der Waals surface area contributed by atoms with Gasteiger partial charge in [-0.15, -0.1) is 12.3 Å². The SMILES string of the molecule is C#C[C@H](C)[C@@H](O[Si](C)(C)C(C)(C)C)[C@H](C)COCc1ccccc1. The fraction of sp³-hybridized carbons (Fsp3) is 0.619. The highest BCUT2D eigenvalue weighted by Gasteiger charge is 2.41. The fourth-order valence-electron chi connectivity index (χ4n) is 2.35. The number of hydrogen-bond donors (Lipinski definition) is 0. The molecule has 134 valence electrons. The summed E-state index contributed by atoms with van der Waals surface area (Å²) in [5.41, 5.74) is 1.19. The summed E-state index contributed by atoms with van der Waals surface area (Å²) in [7, 11) is -1.86. The van der Waals surface area contributed by atoms with Gasteiger partial charge in [0.25, 0.3) is 0 Å². The number of benzene rings is 1. The molecule has 1 aromatic rings. The Labute approximate surface area is 150 Å². The molecule has 0 saturated carbocycles. The number of rotatable bonds is 8. The molecule has 0 fully saturated rings. The molecule has 3 heteroatoms. The summed E-state index contributed by atoms with van der Waals surface area (Å²) in [6, 6.07) is 10.2. The molecule has 24 heavy (non-hydrogen) atoms. The van der Waals surface area contributed by atoms with Crippen molar-refractivity contribution in [3.63, 3.8) is 0 Å². The highest BCUT2D eigenvalue weighted by atomic mass is 28.4. The molecule has 0 bridgehead atoms. The predicted molar refractivity (Wildman–Crippen MR) is 105 cm³/mol. The maximum atomic E-state index is 6.64. The second-order valence-electron chi connectivity index (χ2n) is 8.28. The first kappa shape index (κ1) is 21.0. The second kappa shape index (κ2) is 8.85. The molecule has 0 radical (unpaired) electrons. The molecule has 0 N–H and O–H groups in total. The minimum Gasteiger partial charge on any atom is -0.412 e. The third kappa shape index (κ3) is 6.09. The zero-order chi connectivity index (χ0) is 18.4. The zero-order valence-corrected chi connectivity index (χ0v) is 17.4. The van der Waals surface area contributed by atoms with E-state index in [1.165, 1.54) is 5.56 Å². The van der Waals surface area contributed by atoms with Crippen LogP contribution in [0.4, 0.5) is 0 Å². The highest BCUT2D eigenvalue weighted by Crippen LogP contribution is 2.39. The molecule has 3 atom stereocenters. The van der Waals surface area contributed by atoms with Gasteiger partial charge in [-0.1, -0.05) is 58.0 Å². The third-order valence-electron chi connectivity index (χ3n) is 5.05. The van der Waals surface area contributed by atoms with Crippen molar-refractivity contribution >= 4 is 8.32 Å². The van der Waals surface area contributed by atoms with Crippen molar-refractivity contribution in [3.05, 3.63) is 35.9 Å². The van der Waals surface area contributed by atoms with Gasteiger partial charge in [-0.3, -0.25) is 0 Å². The van der Waals surface area contributed by atoms with Gasteiger partial charge in [0.2, 0.25) is 0 Å². The van der Waals surface area contributed by atoms with E-state index in [9.17, 15) is 0 Å². The molecule has 2 nitrogen and oxygen atoms in total. The molecule has 0 spiro atoms. The summed E-state index contributed by atoms with van der Waals surface area (Å²) in [6.07, 6.45) is 5.74. The van der Waals surface area contributed by atoms with Crippen LogP contribution < -0.4 is 0 Å². The monoisotopic (exact) mass is 346 g/mol. The Morgan fingerprint density at radius 2 is 1.71 bits per heavy atom. The lowest BCUT2D eigenvalue weighted by Gasteiger charge is -2.42. The van der Waals surface area contributed by atoms with Gasteiger partial charge in [-0.25, -0.2) is 0 Å². The van der Waals surface area contributed by atoms with E-state index in [-0.39, 0.29) is 23.0 Å². The molecule has 0 aliphatic carbocycles. The van der Waals surface area contributed by atoms with Crippen LogP contribution in [0.25, 0.3) is 0 Å².